The van der Waals surface area contributed by atoms with E-state index >= 15 is 0 Å². The number of unbranched alkanes of at least 4 members (excludes halogenated alkanes) is 4. The highest BCUT2D eigenvalue weighted by molar-refractivity contribution is 5.78. The van der Waals surface area contributed by atoms with Gasteiger partial charge in [-0.25, -0.2) is 14.6 Å². The maximum atomic E-state index is 13.6. The van der Waals surface area contributed by atoms with Gasteiger partial charge in [0, 0.05) is 20.5 Å². The van der Waals surface area contributed by atoms with Gasteiger partial charge in [-0.15, -0.1) is 0 Å². The van der Waals surface area contributed by atoms with Gasteiger partial charge in [-0.05, 0) is 52.0 Å². The lowest BCUT2D eigenvalue weighted by Gasteiger charge is -2.21. The van der Waals surface area contributed by atoms with E-state index in [0.29, 0.717) is 38.6 Å². The smallest absolute Gasteiger partial charge is 0.333 e. The number of carbonyl (C=O) groups is 2. The lowest BCUT2D eigenvalue weighted by Crippen LogP contribution is -2.43. The normalized spacial score (nSPS) is 13.0. The van der Waals surface area contributed by atoms with Crippen LogP contribution in [0, 0.1) is 0 Å². The van der Waals surface area contributed by atoms with Crippen LogP contribution in [0.3, 0.4) is 0 Å². The Morgan fingerprint density at radius 2 is 1.81 bits per heavy atom. The summed E-state index contributed by atoms with van der Waals surface area (Å²) >= 11 is 0. The molecule has 0 aliphatic carbocycles. The minimum atomic E-state index is -0.889. The molecule has 2 aromatic heterocycles. The van der Waals surface area contributed by atoms with Crippen LogP contribution in [0.15, 0.2) is 15.9 Å². The molecule has 0 aliphatic rings. The van der Waals surface area contributed by atoms with Crippen LogP contribution in [0.1, 0.15) is 84.6 Å². The summed E-state index contributed by atoms with van der Waals surface area (Å²) in [5, 5.41) is 0. The van der Waals surface area contributed by atoms with Crippen LogP contribution >= 0.6 is 0 Å². The molecule has 0 saturated heterocycles. The first-order chi connectivity index (χ1) is 17.2. The lowest BCUT2D eigenvalue weighted by atomic mass is 10.1. The van der Waals surface area contributed by atoms with Crippen molar-refractivity contribution in [1.82, 2.24) is 18.7 Å². The Labute approximate surface area is 211 Å². The van der Waals surface area contributed by atoms with Crippen molar-refractivity contribution in [3.8, 4) is 0 Å². The van der Waals surface area contributed by atoms with Gasteiger partial charge in [-0.3, -0.25) is 18.7 Å². The summed E-state index contributed by atoms with van der Waals surface area (Å²) in [5.74, 6) is -0.836. The summed E-state index contributed by atoms with van der Waals surface area (Å²) in [6, 6.07) is -0.889. The molecule has 2 unspecified atom stereocenters. The third-order valence-corrected chi connectivity index (χ3v) is 6.15. The fourth-order valence-electron chi connectivity index (χ4n) is 4.22. The molecule has 0 spiro atoms. The third kappa shape index (κ3) is 7.78. The topological polar surface area (TPSA) is 140 Å². The Hall–Kier alpha value is -2.95. The number of aryl methyl sites for hydroxylation is 1. The van der Waals surface area contributed by atoms with E-state index in [2.05, 4.69) is 4.98 Å². The molecule has 11 nitrogen and oxygen atoms in total. The molecule has 36 heavy (non-hydrogen) atoms. The predicted molar refractivity (Wildman–Crippen MR) is 137 cm³/mol. The Morgan fingerprint density at radius 1 is 1.08 bits per heavy atom. The van der Waals surface area contributed by atoms with Crippen molar-refractivity contribution >= 4 is 23.1 Å². The number of fused-ring (bicyclic) bond motifs is 1. The number of hydrogen-bond donors (Lipinski definition) is 1. The Bertz CT molecular complexity index is 1120. The van der Waals surface area contributed by atoms with Crippen LogP contribution in [0.25, 0.3) is 11.2 Å². The Morgan fingerprint density at radius 3 is 2.47 bits per heavy atom. The molecule has 2 N–H and O–H groups in total. The van der Waals surface area contributed by atoms with Crippen LogP contribution in [0.5, 0.6) is 0 Å². The van der Waals surface area contributed by atoms with Crippen molar-refractivity contribution in [1.29, 1.82) is 0 Å². The number of nitrogens with zero attached hydrogens (tertiary/aromatic N) is 4. The van der Waals surface area contributed by atoms with Crippen molar-refractivity contribution < 1.29 is 19.1 Å². The van der Waals surface area contributed by atoms with Crippen LogP contribution in [-0.2, 0) is 32.7 Å². The van der Waals surface area contributed by atoms with Crippen LogP contribution < -0.4 is 17.0 Å². The van der Waals surface area contributed by atoms with Crippen LogP contribution in [-0.4, -0.2) is 49.9 Å². The number of carbonyl (C=O) groups excluding carboxylic acids is 2. The van der Waals surface area contributed by atoms with Crippen molar-refractivity contribution in [3.05, 3.63) is 27.2 Å². The van der Waals surface area contributed by atoms with Gasteiger partial charge in [-0.1, -0.05) is 26.2 Å². The average molecular weight is 508 g/mol. The van der Waals surface area contributed by atoms with Gasteiger partial charge in [0.05, 0.1) is 19.0 Å². The van der Waals surface area contributed by atoms with E-state index in [4.69, 9.17) is 15.2 Å². The molecule has 2 atom stereocenters. The number of esters is 2. The highest BCUT2D eigenvalue weighted by Crippen LogP contribution is 2.20. The predicted octanol–water partition coefficient (Wildman–Crippen LogP) is 2.42. The van der Waals surface area contributed by atoms with Gasteiger partial charge >= 0.3 is 17.6 Å². The van der Waals surface area contributed by atoms with Gasteiger partial charge in [0.15, 0.2) is 11.2 Å². The summed E-state index contributed by atoms with van der Waals surface area (Å²) < 4.78 is 14.7. The highest BCUT2D eigenvalue weighted by Gasteiger charge is 2.28. The van der Waals surface area contributed by atoms with E-state index < -0.39 is 23.3 Å². The van der Waals surface area contributed by atoms with Crippen LogP contribution in [0.2, 0.25) is 0 Å². The number of imidazole rings is 1. The molecule has 0 aromatic carbocycles. The quantitative estimate of drug-likeness (QED) is 0.270. The maximum absolute atomic E-state index is 13.6. The molecule has 11 heteroatoms. The molecule has 2 heterocycles. The zero-order valence-corrected chi connectivity index (χ0v) is 22.0. The first kappa shape index (κ1) is 29.3. The molecule has 2 aromatic rings. The van der Waals surface area contributed by atoms with Crippen molar-refractivity contribution in [3.63, 3.8) is 0 Å². The van der Waals surface area contributed by atoms with Gasteiger partial charge < -0.3 is 19.8 Å². The molecule has 0 amide bonds. The molecular formula is C25H41N5O6. The Balaban J connectivity index is 2.41. The van der Waals surface area contributed by atoms with Gasteiger partial charge in [0.1, 0.15) is 6.04 Å². The zero-order chi connectivity index (χ0) is 26.7. The largest absolute Gasteiger partial charge is 0.464 e. The fraction of sp³-hybridized carbons (Fsp3) is 0.720. The van der Waals surface area contributed by atoms with E-state index in [1.807, 2.05) is 13.8 Å². The molecule has 0 fully saturated rings. The summed E-state index contributed by atoms with van der Waals surface area (Å²) in [7, 11) is 1.69. The van der Waals surface area contributed by atoms with Crippen LogP contribution in [0.4, 0.5) is 0 Å². The summed E-state index contributed by atoms with van der Waals surface area (Å²) in [4.78, 5) is 55.4. The minimum Gasteiger partial charge on any atom is -0.464 e. The van der Waals surface area contributed by atoms with E-state index in [1.54, 1.807) is 11.6 Å². The highest BCUT2D eigenvalue weighted by atomic mass is 16.5. The first-order valence-electron chi connectivity index (χ1n) is 12.9. The number of aromatic nitrogens is 4. The van der Waals surface area contributed by atoms with Crippen molar-refractivity contribution in [2.75, 3.05) is 13.2 Å². The monoisotopic (exact) mass is 507 g/mol. The van der Waals surface area contributed by atoms with Crippen molar-refractivity contribution in [2.45, 2.75) is 97.2 Å². The third-order valence-electron chi connectivity index (χ3n) is 6.15. The molecule has 202 valence electrons. The summed E-state index contributed by atoms with van der Waals surface area (Å²) in [6.45, 7) is 6.17. The van der Waals surface area contributed by atoms with Gasteiger partial charge in [0.2, 0.25) is 0 Å². The zero-order valence-electron chi connectivity index (χ0n) is 22.0. The number of nitrogens with two attached hydrogens (primary N) is 1. The molecule has 0 saturated carbocycles. The lowest BCUT2D eigenvalue weighted by molar-refractivity contribution is -0.148. The first-order valence-corrected chi connectivity index (χ1v) is 12.9. The maximum Gasteiger partial charge on any atom is 0.333 e. The molecule has 0 aliphatic heterocycles. The minimum absolute atomic E-state index is 0.177. The number of rotatable bonds is 16. The SMILES string of the molecule is CCCCOC(=O)C(CCCCCN)n1c(=O)n(CCCCC(C)OC(C)=O)c(=O)c2c1ncn2C. The van der Waals surface area contributed by atoms with E-state index in [-0.39, 0.29) is 36.4 Å². The molecule has 0 bridgehead atoms. The molecule has 2 rings (SSSR count). The second-order valence-electron chi connectivity index (χ2n) is 9.23. The number of ether oxygens (including phenoxy) is 2. The second-order valence-corrected chi connectivity index (χ2v) is 9.23. The number of hydrogen-bond acceptors (Lipinski definition) is 8. The molecule has 0 radical (unpaired) electrons. The summed E-state index contributed by atoms with van der Waals surface area (Å²) in [5.41, 5.74) is 5.04. The second kappa shape index (κ2) is 14.6. The van der Waals surface area contributed by atoms with Gasteiger partial charge in [-0.2, -0.15) is 0 Å². The summed E-state index contributed by atoms with van der Waals surface area (Å²) in [6.07, 6.45) is 7.33. The van der Waals surface area contributed by atoms with Crippen molar-refractivity contribution in [2.24, 2.45) is 12.8 Å². The van der Waals surface area contributed by atoms with E-state index in [9.17, 15) is 19.2 Å². The Kier molecular flexibility index (Phi) is 11.9. The fourth-order valence-corrected chi connectivity index (χ4v) is 4.22. The standard InChI is InChI=1S/C25H41N5O6/c1-5-6-16-35-24(33)20(13-8-7-10-14-26)30-22-21(28(4)17-27-22)23(32)29(25(30)34)15-11-9-12-18(2)36-19(3)31/h17-18,20H,5-16,26H2,1-4H3. The average Bonchev–Trinajstić information content (AvgIpc) is 3.20. The van der Waals surface area contributed by atoms with E-state index in [1.165, 1.54) is 22.4 Å². The van der Waals surface area contributed by atoms with Gasteiger partial charge in [0.25, 0.3) is 5.56 Å². The molecular weight excluding hydrogens is 466 g/mol. The van der Waals surface area contributed by atoms with E-state index in [0.717, 1.165) is 25.7 Å².